The maximum Gasteiger partial charge on any atom is 0.0786 e. The SMILES string of the molecule is Cc1c[nH]c(C)c1C(C)(C)C#N. The van der Waals surface area contributed by atoms with Gasteiger partial charge in [0.25, 0.3) is 0 Å². The monoisotopic (exact) mass is 162 g/mol. The highest BCUT2D eigenvalue weighted by Crippen LogP contribution is 2.27. The van der Waals surface area contributed by atoms with Crippen LogP contribution in [0.25, 0.3) is 0 Å². The van der Waals surface area contributed by atoms with Crippen molar-refractivity contribution in [3.63, 3.8) is 0 Å². The molecule has 0 bridgehead atoms. The minimum atomic E-state index is -0.381. The first kappa shape index (κ1) is 8.86. The molecule has 64 valence electrons. The van der Waals surface area contributed by atoms with E-state index in [2.05, 4.69) is 11.1 Å². The lowest BCUT2D eigenvalue weighted by atomic mass is 9.84. The Morgan fingerprint density at radius 2 is 2.00 bits per heavy atom. The van der Waals surface area contributed by atoms with Gasteiger partial charge in [0.05, 0.1) is 11.5 Å². The molecule has 0 aliphatic carbocycles. The van der Waals surface area contributed by atoms with E-state index in [4.69, 9.17) is 5.26 Å². The predicted molar refractivity (Wildman–Crippen MR) is 48.9 cm³/mol. The van der Waals surface area contributed by atoms with Gasteiger partial charge in [-0.2, -0.15) is 5.26 Å². The second-order valence-electron chi connectivity index (χ2n) is 3.71. The normalized spacial score (nSPS) is 11.2. The van der Waals surface area contributed by atoms with E-state index in [1.165, 1.54) is 5.56 Å². The minimum absolute atomic E-state index is 0.381. The summed E-state index contributed by atoms with van der Waals surface area (Å²) in [6.07, 6.45) is 1.95. The molecular formula is C10H14N2. The van der Waals surface area contributed by atoms with Crippen LogP contribution in [0.4, 0.5) is 0 Å². The van der Waals surface area contributed by atoms with Crippen LogP contribution in [-0.2, 0) is 5.41 Å². The van der Waals surface area contributed by atoms with E-state index in [-0.39, 0.29) is 5.41 Å². The van der Waals surface area contributed by atoms with Crippen LogP contribution in [0.2, 0.25) is 0 Å². The number of nitrogens with one attached hydrogen (secondary N) is 1. The Morgan fingerprint density at radius 3 is 2.33 bits per heavy atom. The number of hydrogen-bond donors (Lipinski definition) is 1. The molecule has 0 unspecified atom stereocenters. The molecule has 1 N–H and O–H groups in total. The highest BCUT2D eigenvalue weighted by molar-refractivity contribution is 5.39. The third-order valence-electron chi connectivity index (χ3n) is 2.18. The summed E-state index contributed by atoms with van der Waals surface area (Å²) in [5.74, 6) is 0. The van der Waals surface area contributed by atoms with Crippen molar-refractivity contribution < 1.29 is 0 Å². The molecule has 1 rings (SSSR count). The number of hydrogen-bond acceptors (Lipinski definition) is 1. The predicted octanol–water partition coefficient (Wildman–Crippen LogP) is 2.43. The fourth-order valence-corrected chi connectivity index (χ4v) is 1.67. The quantitative estimate of drug-likeness (QED) is 0.676. The van der Waals surface area contributed by atoms with Gasteiger partial charge in [0.2, 0.25) is 0 Å². The summed E-state index contributed by atoms with van der Waals surface area (Å²) >= 11 is 0. The second-order valence-corrected chi connectivity index (χ2v) is 3.71. The summed E-state index contributed by atoms with van der Waals surface area (Å²) in [6, 6.07) is 2.31. The number of H-pyrrole nitrogens is 1. The molecule has 0 spiro atoms. The van der Waals surface area contributed by atoms with Crippen molar-refractivity contribution >= 4 is 0 Å². The zero-order valence-corrected chi connectivity index (χ0v) is 8.02. The molecule has 0 saturated heterocycles. The van der Waals surface area contributed by atoms with Gasteiger partial charge in [0.15, 0.2) is 0 Å². The largest absolute Gasteiger partial charge is 0.365 e. The van der Waals surface area contributed by atoms with Gasteiger partial charge >= 0.3 is 0 Å². The molecule has 0 aromatic carbocycles. The molecule has 0 saturated carbocycles. The van der Waals surface area contributed by atoms with Crippen LogP contribution in [0.3, 0.4) is 0 Å². The van der Waals surface area contributed by atoms with Crippen molar-refractivity contribution in [3.05, 3.63) is 23.0 Å². The lowest BCUT2D eigenvalue weighted by molar-refractivity contribution is 0.677. The van der Waals surface area contributed by atoms with Crippen molar-refractivity contribution in [2.45, 2.75) is 33.1 Å². The molecule has 1 heterocycles. The highest BCUT2D eigenvalue weighted by Gasteiger charge is 2.24. The molecular weight excluding hydrogens is 148 g/mol. The van der Waals surface area contributed by atoms with Crippen LogP contribution >= 0.6 is 0 Å². The number of aromatic amines is 1. The van der Waals surface area contributed by atoms with E-state index >= 15 is 0 Å². The summed E-state index contributed by atoms with van der Waals surface area (Å²) in [4.78, 5) is 3.13. The summed E-state index contributed by atoms with van der Waals surface area (Å²) < 4.78 is 0. The summed E-state index contributed by atoms with van der Waals surface area (Å²) in [5, 5.41) is 8.95. The third kappa shape index (κ3) is 1.23. The third-order valence-corrected chi connectivity index (χ3v) is 2.18. The Kier molecular flexibility index (Phi) is 1.97. The molecule has 0 aliphatic rings. The van der Waals surface area contributed by atoms with Crippen molar-refractivity contribution in [2.75, 3.05) is 0 Å². The van der Waals surface area contributed by atoms with Crippen LogP contribution in [0.15, 0.2) is 6.20 Å². The average Bonchev–Trinajstić information content (AvgIpc) is 2.31. The molecule has 1 aromatic heterocycles. The van der Waals surface area contributed by atoms with Crippen LogP contribution in [-0.4, -0.2) is 4.98 Å². The summed E-state index contributed by atoms with van der Waals surface area (Å²) in [5.41, 5.74) is 3.01. The Bertz CT molecular complexity index is 307. The highest BCUT2D eigenvalue weighted by atomic mass is 14.7. The average molecular weight is 162 g/mol. The summed E-state index contributed by atoms with van der Waals surface area (Å²) in [7, 11) is 0. The lowest BCUT2D eigenvalue weighted by Gasteiger charge is -2.16. The molecule has 1 aromatic rings. The fourth-order valence-electron chi connectivity index (χ4n) is 1.67. The van der Waals surface area contributed by atoms with Crippen molar-refractivity contribution in [2.24, 2.45) is 0 Å². The van der Waals surface area contributed by atoms with Gasteiger partial charge in [0, 0.05) is 11.9 Å². The molecule has 0 fully saturated rings. The van der Waals surface area contributed by atoms with Gasteiger partial charge < -0.3 is 4.98 Å². The van der Waals surface area contributed by atoms with Crippen molar-refractivity contribution in [3.8, 4) is 6.07 Å². The summed E-state index contributed by atoms with van der Waals surface area (Å²) in [6.45, 7) is 7.91. The maximum absolute atomic E-state index is 8.95. The molecule has 2 heteroatoms. The van der Waals surface area contributed by atoms with Gasteiger partial charge in [-0.1, -0.05) is 0 Å². The topological polar surface area (TPSA) is 39.6 Å². The molecule has 0 atom stereocenters. The first-order valence-electron chi connectivity index (χ1n) is 4.05. The lowest BCUT2D eigenvalue weighted by Crippen LogP contribution is -2.15. The van der Waals surface area contributed by atoms with E-state index in [0.29, 0.717) is 0 Å². The molecule has 2 nitrogen and oxygen atoms in total. The van der Waals surface area contributed by atoms with E-state index < -0.39 is 0 Å². The van der Waals surface area contributed by atoms with Crippen molar-refractivity contribution in [1.29, 1.82) is 5.26 Å². The standard InChI is InChI=1S/C10H14N2/c1-7-5-12-8(2)9(7)10(3,4)6-11/h5,12H,1-4H3. The number of nitrogens with zero attached hydrogens (tertiary/aromatic N) is 1. The molecule has 0 amide bonds. The van der Waals surface area contributed by atoms with Gasteiger partial charge in [-0.3, -0.25) is 0 Å². The smallest absolute Gasteiger partial charge is 0.0786 e. The molecule has 12 heavy (non-hydrogen) atoms. The van der Waals surface area contributed by atoms with Crippen LogP contribution < -0.4 is 0 Å². The fraction of sp³-hybridized carbons (Fsp3) is 0.500. The van der Waals surface area contributed by atoms with Crippen LogP contribution in [0.1, 0.15) is 30.7 Å². The van der Waals surface area contributed by atoms with Crippen LogP contribution in [0.5, 0.6) is 0 Å². The van der Waals surface area contributed by atoms with Gasteiger partial charge in [-0.15, -0.1) is 0 Å². The van der Waals surface area contributed by atoms with Gasteiger partial charge in [-0.25, -0.2) is 0 Å². The van der Waals surface area contributed by atoms with E-state index in [0.717, 1.165) is 11.3 Å². The molecule has 0 radical (unpaired) electrons. The van der Waals surface area contributed by atoms with E-state index in [1.54, 1.807) is 0 Å². The maximum atomic E-state index is 8.95. The van der Waals surface area contributed by atoms with Gasteiger partial charge in [0.1, 0.15) is 0 Å². The first-order valence-corrected chi connectivity index (χ1v) is 4.05. The zero-order chi connectivity index (χ0) is 9.35. The first-order chi connectivity index (χ1) is 5.49. The zero-order valence-electron chi connectivity index (χ0n) is 8.02. The Morgan fingerprint density at radius 1 is 1.42 bits per heavy atom. The van der Waals surface area contributed by atoms with E-state index in [9.17, 15) is 0 Å². The number of aromatic nitrogens is 1. The molecule has 0 aliphatic heterocycles. The number of rotatable bonds is 1. The Hall–Kier alpha value is -1.23. The Balaban J connectivity index is 3.28. The van der Waals surface area contributed by atoms with E-state index in [1.807, 2.05) is 33.9 Å². The number of aryl methyl sites for hydroxylation is 2. The number of nitriles is 1. The minimum Gasteiger partial charge on any atom is -0.365 e. The van der Waals surface area contributed by atoms with Crippen LogP contribution in [0, 0.1) is 25.2 Å². The van der Waals surface area contributed by atoms with Crippen molar-refractivity contribution in [1.82, 2.24) is 4.98 Å². The van der Waals surface area contributed by atoms with Gasteiger partial charge in [-0.05, 0) is 38.8 Å². The second kappa shape index (κ2) is 2.67. The Labute approximate surface area is 73.2 Å².